The highest BCUT2D eigenvalue weighted by molar-refractivity contribution is 4.97. The van der Waals surface area contributed by atoms with E-state index in [0.717, 1.165) is 6.42 Å². The Kier molecular flexibility index (Phi) is 4.35. The number of aromatic nitrogens is 2. The summed E-state index contributed by atoms with van der Waals surface area (Å²) in [6.07, 6.45) is -1.61. The molecule has 16 heavy (non-hydrogen) atoms. The van der Waals surface area contributed by atoms with Gasteiger partial charge in [-0.2, -0.15) is 18.3 Å². The first-order valence-corrected chi connectivity index (χ1v) is 5.11. The Morgan fingerprint density at radius 2 is 2.19 bits per heavy atom. The lowest BCUT2D eigenvalue weighted by Gasteiger charge is -2.08. The van der Waals surface area contributed by atoms with E-state index in [9.17, 15) is 13.2 Å². The summed E-state index contributed by atoms with van der Waals surface area (Å²) in [6.45, 7) is 2.67. The van der Waals surface area contributed by atoms with Gasteiger partial charge in [-0.15, -0.1) is 0 Å². The number of halogens is 3. The highest BCUT2D eigenvalue weighted by Gasteiger charge is 2.27. The van der Waals surface area contributed by atoms with E-state index in [4.69, 9.17) is 0 Å². The molecule has 3 nitrogen and oxygen atoms in total. The zero-order chi connectivity index (χ0) is 12.2. The molecule has 0 aliphatic heterocycles. The van der Waals surface area contributed by atoms with Crippen LogP contribution in [0.5, 0.6) is 0 Å². The summed E-state index contributed by atoms with van der Waals surface area (Å²) in [5, 5.41) is 4.12. The molecule has 0 saturated carbocycles. The third kappa shape index (κ3) is 4.22. The molecular formula is C10H15F3N2O. The molecule has 0 radical (unpaired) electrons. The van der Waals surface area contributed by atoms with Gasteiger partial charge in [0.2, 0.25) is 0 Å². The first kappa shape index (κ1) is 13.0. The molecule has 1 aromatic heterocycles. The van der Waals surface area contributed by atoms with Crippen LogP contribution in [0.2, 0.25) is 0 Å². The van der Waals surface area contributed by atoms with Crippen molar-refractivity contribution in [3.05, 3.63) is 18.0 Å². The molecule has 0 aliphatic rings. The van der Waals surface area contributed by atoms with Gasteiger partial charge in [-0.05, 0) is 19.4 Å². The lowest BCUT2D eigenvalue weighted by Crippen LogP contribution is -2.17. The van der Waals surface area contributed by atoms with E-state index in [-0.39, 0.29) is 12.6 Å². The van der Waals surface area contributed by atoms with Crippen LogP contribution in [-0.2, 0) is 11.3 Å². The summed E-state index contributed by atoms with van der Waals surface area (Å²) in [4.78, 5) is 0. The minimum atomic E-state index is -4.28. The van der Waals surface area contributed by atoms with E-state index in [1.807, 2.05) is 13.8 Å². The molecule has 0 aromatic carbocycles. The summed E-state index contributed by atoms with van der Waals surface area (Å²) in [5.41, 5.74) is 0.518. The van der Waals surface area contributed by atoms with Gasteiger partial charge in [0.25, 0.3) is 0 Å². The molecule has 1 aromatic rings. The van der Waals surface area contributed by atoms with Crippen molar-refractivity contribution < 1.29 is 17.9 Å². The van der Waals surface area contributed by atoms with Gasteiger partial charge in [-0.25, -0.2) is 0 Å². The third-order valence-corrected chi connectivity index (χ3v) is 2.22. The van der Waals surface area contributed by atoms with Crippen molar-refractivity contribution in [2.75, 3.05) is 6.61 Å². The molecule has 1 unspecified atom stereocenters. The zero-order valence-corrected chi connectivity index (χ0v) is 9.29. The minimum Gasteiger partial charge on any atom is -0.366 e. The van der Waals surface area contributed by atoms with Crippen molar-refractivity contribution in [3.8, 4) is 0 Å². The standard InChI is InChI=1S/C10H15F3N2O/c1-3-8(2)15-5-4-9(14-15)6-16-7-10(11,12)13/h4-5,8H,3,6-7H2,1-2H3. The molecule has 92 valence electrons. The second-order valence-corrected chi connectivity index (χ2v) is 3.65. The fourth-order valence-electron chi connectivity index (χ4n) is 1.16. The number of rotatable bonds is 5. The van der Waals surface area contributed by atoms with Crippen LogP contribution in [-0.4, -0.2) is 22.6 Å². The average molecular weight is 236 g/mol. The maximum Gasteiger partial charge on any atom is 0.411 e. The number of nitrogens with zero attached hydrogens (tertiary/aromatic N) is 2. The molecule has 0 bridgehead atoms. The summed E-state index contributed by atoms with van der Waals surface area (Å²) < 4.78 is 41.6. The Morgan fingerprint density at radius 1 is 1.50 bits per heavy atom. The SMILES string of the molecule is CCC(C)n1ccc(COCC(F)(F)F)n1. The van der Waals surface area contributed by atoms with Crippen molar-refractivity contribution in [1.82, 2.24) is 9.78 Å². The van der Waals surface area contributed by atoms with Gasteiger partial charge >= 0.3 is 6.18 Å². The second kappa shape index (κ2) is 5.34. The number of hydrogen-bond donors (Lipinski definition) is 0. The predicted molar refractivity (Wildman–Crippen MR) is 52.9 cm³/mol. The third-order valence-electron chi connectivity index (χ3n) is 2.22. The van der Waals surface area contributed by atoms with E-state index >= 15 is 0 Å². The van der Waals surface area contributed by atoms with Crippen LogP contribution in [0.3, 0.4) is 0 Å². The summed E-state index contributed by atoms with van der Waals surface area (Å²) in [5.74, 6) is 0. The molecule has 1 atom stereocenters. The van der Waals surface area contributed by atoms with E-state index in [0.29, 0.717) is 5.69 Å². The summed E-state index contributed by atoms with van der Waals surface area (Å²) in [7, 11) is 0. The van der Waals surface area contributed by atoms with Crippen LogP contribution in [0.1, 0.15) is 32.0 Å². The summed E-state index contributed by atoms with van der Waals surface area (Å²) >= 11 is 0. The topological polar surface area (TPSA) is 27.1 Å². The number of ether oxygens (including phenoxy) is 1. The lowest BCUT2D eigenvalue weighted by molar-refractivity contribution is -0.176. The Morgan fingerprint density at radius 3 is 2.75 bits per heavy atom. The van der Waals surface area contributed by atoms with Gasteiger partial charge in [0.15, 0.2) is 0 Å². The fraction of sp³-hybridized carbons (Fsp3) is 0.700. The van der Waals surface area contributed by atoms with Crippen molar-refractivity contribution in [3.63, 3.8) is 0 Å². The Labute approximate surface area is 92.2 Å². The van der Waals surface area contributed by atoms with Crippen LogP contribution in [0.25, 0.3) is 0 Å². The van der Waals surface area contributed by atoms with Gasteiger partial charge < -0.3 is 4.74 Å². The van der Waals surface area contributed by atoms with E-state index in [1.54, 1.807) is 16.9 Å². The molecule has 1 heterocycles. The monoisotopic (exact) mass is 236 g/mol. The maximum absolute atomic E-state index is 11.8. The van der Waals surface area contributed by atoms with Gasteiger partial charge in [0.05, 0.1) is 12.3 Å². The lowest BCUT2D eigenvalue weighted by atomic mass is 10.3. The molecule has 6 heteroatoms. The quantitative estimate of drug-likeness (QED) is 0.786. The van der Waals surface area contributed by atoms with Gasteiger partial charge in [-0.3, -0.25) is 4.68 Å². The van der Waals surface area contributed by atoms with E-state index < -0.39 is 12.8 Å². The Balaban J connectivity index is 2.41. The highest BCUT2D eigenvalue weighted by Crippen LogP contribution is 2.15. The molecule has 0 N–H and O–H groups in total. The van der Waals surface area contributed by atoms with Crippen LogP contribution in [0.15, 0.2) is 12.3 Å². The van der Waals surface area contributed by atoms with Crippen molar-refractivity contribution in [2.45, 2.75) is 39.1 Å². The van der Waals surface area contributed by atoms with Crippen molar-refractivity contribution in [1.29, 1.82) is 0 Å². The van der Waals surface area contributed by atoms with Crippen molar-refractivity contribution >= 4 is 0 Å². The molecule has 1 rings (SSSR count). The van der Waals surface area contributed by atoms with Gasteiger partial charge in [0, 0.05) is 12.2 Å². The smallest absolute Gasteiger partial charge is 0.366 e. The van der Waals surface area contributed by atoms with E-state index in [2.05, 4.69) is 9.84 Å². The molecule has 0 spiro atoms. The molecule has 0 aliphatic carbocycles. The largest absolute Gasteiger partial charge is 0.411 e. The van der Waals surface area contributed by atoms with Gasteiger partial charge in [-0.1, -0.05) is 6.92 Å². The second-order valence-electron chi connectivity index (χ2n) is 3.65. The highest BCUT2D eigenvalue weighted by atomic mass is 19.4. The molecular weight excluding hydrogens is 221 g/mol. The predicted octanol–water partition coefficient (Wildman–Crippen LogP) is 2.93. The fourth-order valence-corrected chi connectivity index (χ4v) is 1.16. The Bertz CT molecular complexity index is 322. The van der Waals surface area contributed by atoms with E-state index in [1.165, 1.54) is 0 Å². The number of hydrogen-bond acceptors (Lipinski definition) is 2. The van der Waals surface area contributed by atoms with Crippen LogP contribution < -0.4 is 0 Å². The summed E-state index contributed by atoms with van der Waals surface area (Å²) in [6, 6.07) is 1.92. The average Bonchev–Trinajstić information content (AvgIpc) is 2.63. The zero-order valence-electron chi connectivity index (χ0n) is 9.29. The van der Waals surface area contributed by atoms with Crippen LogP contribution >= 0.6 is 0 Å². The maximum atomic E-state index is 11.8. The first-order valence-electron chi connectivity index (χ1n) is 5.11. The van der Waals surface area contributed by atoms with Crippen molar-refractivity contribution in [2.24, 2.45) is 0 Å². The molecule has 0 fully saturated rings. The number of alkyl halides is 3. The molecule has 0 saturated heterocycles. The van der Waals surface area contributed by atoms with Crippen LogP contribution in [0.4, 0.5) is 13.2 Å². The normalized spacial score (nSPS) is 14.1. The first-order chi connectivity index (χ1) is 7.42. The van der Waals surface area contributed by atoms with Crippen LogP contribution in [0, 0.1) is 0 Å². The Hall–Kier alpha value is -1.04. The molecule has 0 amide bonds. The van der Waals surface area contributed by atoms with Gasteiger partial charge in [0.1, 0.15) is 6.61 Å². The minimum absolute atomic E-state index is 0.108.